The normalized spacial score (nSPS) is 18.1. The SMILES string of the molecule is Cc1ccc(Nc2nnc(S[C@@H](C)C(=O)NC[C@@H]3CCCO3)s2)cc1. The molecule has 1 fully saturated rings. The molecule has 0 radical (unpaired) electrons. The van der Waals surface area contributed by atoms with Gasteiger partial charge >= 0.3 is 0 Å². The van der Waals surface area contributed by atoms with E-state index in [0.29, 0.717) is 6.54 Å². The molecule has 3 rings (SSSR count). The third kappa shape index (κ3) is 5.42. The number of thioether (sulfide) groups is 1. The molecule has 1 aliphatic heterocycles. The van der Waals surface area contributed by atoms with Crippen molar-refractivity contribution in [2.24, 2.45) is 0 Å². The lowest BCUT2D eigenvalue weighted by Crippen LogP contribution is -2.36. The van der Waals surface area contributed by atoms with Gasteiger partial charge in [0.05, 0.1) is 11.4 Å². The van der Waals surface area contributed by atoms with Gasteiger partial charge in [-0.25, -0.2) is 0 Å². The number of amides is 1. The predicted octanol–water partition coefficient (Wildman–Crippen LogP) is 3.37. The second-order valence-corrected chi connectivity index (χ2v) is 8.57. The fourth-order valence-corrected chi connectivity index (χ4v) is 4.38. The van der Waals surface area contributed by atoms with Crippen LogP contribution in [0.25, 0.3) is 0 Å². The summed E-state index contributed by atoms with van der Waals surface area (Å²) >= 11 is 2.87. The second-order valence-electron chi connectivity index (χ2n) is 6.00. The lowest BCUT2D eigenvalue weighted by Gasteiger charge is -2.13. The van der Waals surface area contributed by atoms with Gasteiger partial charge in [0.25, 0.3) is 0 Å². The number of nitrogens with zero attached hydrogens (tertiary/aromatic N) is 2. The molecule has 25 heavy (non-hydrogen) atoms. The van der Waals surface area contributed by atoms with Gasteiger partial charge in [-0.1, -0.05) is 40.8 Å². The number of aromatic nitrogens is 2. The van der Waals surface area contributed by atoms with Gasteiger partial charge in [0.15, 0.2) is 4.34 Å². The van der Waals surface area contributed by atoms with Crippen LogP contribution in [0.1, 0.15) is 25.3 Å². The molecule has 1 amide bonds. The van der Waals surface area contributed by atoms with Crippen molar-refractivity contribution in [3.63, 3.8) is 0 Å². The number of hydrogen-bond acceptors (Lipinski definition) is 7. The second kappa shape index (κ2) is 8.64. The Morgan fingerprint density at radius 3 is 2.92 bits per heavy atom. The van der Waals surface area contributed by atoms with Crippen molar-refractivity contribution < 1.29 is 9.53 Å². The fourth-order valence-electron chi connectivity index (χ4n) is 2.44. The van der Waals surface area contributed by atoms with Crippen LogP contribution in [0, 0.1) is 6.92 Å². The van der Waals surface area contributed by atoms with Crippen LogP contribution >= 0.6 is 23.1 Å². The van der Waals surface area contributed by atoms with Crippen molar-refractivity contribution in [3.05, 3.63) is 29.8 Å². The zero-order valence-electron chi connectivity index (χ0n) is 14.3. The predicted molar refractivity (Wildman–Crippen MR) is 102 cm³/mol. The zero-order valence-corrected chi connectivity index (χ0v) is 16.0. The van der Waals surface area contributed by atoms with Crippen LogP contribution in [0.2, 0.25) is 0 Å². The summed E-state index contributed by atoms with van der Waals surface area (Å²) in [6.07, 6.45) is 2.26. The van der Waals surface area contributed by atoms with E-state index in [1.807, 2.05) is 31.2 Å². The molecule has 1 saturated heterocycles. The fraction of sp³-hybridized carbons (Fsp3) is 0.471. The number of rotatable bonds is 7. The molecule has 0 bridgehead atoms. The number of anilines is 2. The minimum Gasteiger partial charge on any atom is -0.376 e. The van der Waals surface area contributed by atoms with Gasteiger partial charge in [-0.2, -0.15) is 0 Å². The van der Waals surface area contributed by atoms with Crippen LogP contribution in [0.3, 0.4) is 0 Å². The molecule has 0 unspecified atom stereocenters. The van der Waals surface area contributed by atoms with E-state index in [1.165, 1.54) is 28.7 Å². The quantitative estimate of drug-likeness (QED) is 0.720. The average Bonchev–Trinajstić information content (AvgIpc) is 3.27. The van der Waals surface area contributed by atoms with E-state index in [-0.39, 0.29) is 17.3 Å². The molecule has 6 nitrogen and oxygen atoms in total. The van der Waals surface area contributed by atoms with E-state index >= 15 is 0 Å². The Hall–Kier alpha value is -1.64. The van der Waals surface area contributed by atoms with Crippen molar-refractivity contribution in [3.8, 4) is 0 Å². The highest BCUT2D eigenvalue weighted by Crippen LogP contribution is 2.30. The molecule has 1 aromatic heterocycles. The number of hydrogen-bond donors (Lipinski definition) is 2. The van der Waals surface area contributed by atoms with E-state index in [0.717, 1.165) is 34.6 Å². The van der Waals surface area contributed by atoms with Crippen molar-refractivity contribution in [1.82, 2.24) is 15.5 Å². The van der Waals surface area contributed by atoms with E-state index in [4.69, 9.17) is 4.74 Å². The number of ether oxygens (including phenoxy) is 1. The van der Waals surface area contributed by atoms with Crippen LogP contribution in [0.15, 0.2) is 28.6 Å². The van der Waals surface area contributed by atoms with E-state index in [2.05, 4.69) is 27.8 Å². The molecule has 1 aliphatic rings. The Kier molecular flexibility index (Phi) is 6.28. The molecular formula is C17H22N4O2S2. The van der Waals surface area contributed by atoms with Crippen LogP contribution in [-0.4, -0.2) is 40.6 Å². The molecular weight excluding hydrogens is 356 g/mol. The first-order valence-electron chi connectivity index (χ1n) is 8.33. The summed E-state index contributed by atoms with van der Waals surface area (Å²) in [5.41, 5.74) is 2.18. The number of benzene rings is 1. The van der Waals surface area contributed by atoms with Crippen LogP contribution in [0.4, 0.5) is 10.8 Å². The summed E-state index contributed by atoms with van der Waals surface area (Å²) in [5, 5.41) is 15.0. The summed E-state index contributed by atoms with van der Waals surface area (Å²) in [4.78, 5) is 12.2. The van der Waals surface area contributed by atoms with Gasteiger partial charge in [-0.15, -0.1) is 10.2 Å². The Bertz CT molecular complexity index is 699. The van der Waals surface area contributed by atoms with Gasteiger partial charge in [0.1, 0.15) is 0 Å². The molecule has 8 heteroatoms. The van der Waals surface area contributed by atoms with Gasteiger partial charge in [0, 0.05) is 18.8 Å². The minimum absolute atomic E-state index is 0.00347. The summed E-state index contributed by atoms with van der Waals surface area (Å²) in [7, 11) is 0. The number of carbonyl (C=O) groups is 1. The third-order valence-electron chi connectivity index (χ3n) is 3.88. The number of aryl methyl sites for hydroxylation is 1. The number of carbonyl (C=O) groups excluding carboxylic acids is 1. The maximum absolute atomic E-state index is 12.2. The molecule has 2 atom stereocenters. The third-order valence-corrected chi connectivity index (χ3v) is 5.91. The monoisotopic (exact) mass is 378 g/mol. The van der Waals surface area contributed by atoms with Gasteiger partial charge in [-0.3, -0.25) is 4.79 Å². The number of nitrogens with one attached hydrogen (secondary N) is 2. The first kappa shape index (κ1) is 18.2. The molecule has 0 saturated carbocycles. The summed E-state index contributed by atoms with van der Waals surface area (Å²) < 4.78 is 6.29. The highest BCUT2D eigenvalue weighted by atomic mass is 32.2. The molecule has 2 heterocycles. The van der Waals surface area contributed by atoms with Crippen LogP contribution < -0.4 is 10.6 Å². The van der Waals surface area contributed by atoms with Crippen LogP contribution in [0.5, 0.6) is 0 Å². The molecule has 0 spiro atoms. The molecule has 0 aliphatic carbocycles. The van der Waals surface area contributed by atoms with Crippen molar-refractivity contribution in [2.75, 3.05) is 18.5 Å². The molecule has 1 aromatic carbocycles. The first-order chi connectivity index (χ1) is 12.1. The minimum atomic E-state index is -0.221. The van der Waals surface area contributed by atoms with Gasteiger partial charge in [0.2, 0.25) is 11.0 Å². The lowest BCUT2D eigenvalue weighted by molar-refractivity contribution is -0.120. The Labute approximate surface area is 155 Å². The maximum atomic E-state index is 12.2. The van der Waals surface area contributed by atoms with Crippen LogP contribution in [-0.2, 0) is 9.53 Å². The van der Waals surface area contributed by atoms with Crippen molar-refractivity contribution >= 4 is 39.8 Å². The Morgan fingerprint density at radius 1 is 1.40 bits per heavy atom. The topological polar surface area (TPSA) is 76.1 Å². The largest absolute Gasteiger partial charge is 0.376 e. The molecule has 134 valence electrons. The van der Waals surface area contributed by atoms with Gasteiger partial charge < -0.3 is 15.4 Å². The van der Waals surface area contributed by atoms with E-state index < -0.39 is 0 Å². The Morgan fingerprint density at radius 2 is 2.20 bits per heavy atom. The summed E-state index contributed by atoms with van der Waals surface area (Å²) in [6.45, 7) is 5.31. The van der Waals surface area contributed by atoms with Crippen molar-refractivity contribution in [1.29, 1.82) is 0 Å². The Balaban J connectivity index is 1.48. The highest BCUT2D eigenvalue weighted by Gasteiger charge is 2.20. The van der Waals surface area contributed by atoms with Crippen molar-refractivity contribution in [2.45, 2.75) is 42.4 Å². The molecule has 2 N–H and O–H groups in total. The average molecular weight is 379 g/mol. The van der Waals surface area contributed by atoms with E-state index in [9.17, 15) is 4.79 Å². The smallest absolute Gasteiger partial charge is 0.233 e. The molecule has 2 aromatic rings. The van der Waals surface area contributed by atoms with Gasteiger partial charge in [-0.05, 0) is 38.8 Å². The summed E-state index contributed by atoms with van der Waals surface area (Å²) in [5.74, 6) is 0.00347. The first-order valence-corrected chi connectivity index (χ1v) is 10.0. The highest BCUT2D eigenvalue weighted by molar-refractivity contribution is 8.02. The maximum Gasteiger partial charge on any atom is 0.233 e. The summed E-state index contributed by atoms with van der Waals surface area (Å²) in [6, 6.07) is 8.09. The van der Waals surface area contributed by atoms with E-state index in [1.54, 1.807) is 0 Å². The standard InChI is InChI=1S/C17H22N4O2S2/c1-11-5-7-13(8-6-11)19-16-20-21-17(25-16)24-12(2)15(22)18-10-14-4-3-9-23-14/h5-8,12,14H,3-4,9-10H2,1-2H3,(H,18,22)(H,19,20)/t12-,14-/m0/s1. The zero-order chi connectivity index (χ0) is 17.6. The lowest BCUT2D eigenvalue weighted by atomic mass is 10.2.